The lowest BCUT2D eigenvalue weighted by Gasteiger charge is -2.17. The lowest BCUT2D eigenvalue weighted by Crippen LogP contribution is -2.36. The highest BCUT2D eigenvalue weighted by atomic mass is 32.2. The third kappa shape index (κ3) is 3.79. The maximum Gasteiger partial charge on any atom is 0.330 e. The Bertz CT molecular complexity index is 379. The highest BCUT2D eigenvalue weighted by Gasteiger charge is 2.37. The fourth-order valence-corrected chi connectivity index (χ4v) is 3.80. The van der Waals surface area contributed by atoms with Crippen molar-refractivity contribution in [2.75, 3.05) is 6.54 Å². The summed E-state index contributed by atoms with van der Waals surface area (Å²) < 4.78 is 4.97. The molecule has 0 spiro atoms. The van der Waals surface area contributed by atoms with Crippen LogP contribution in [0.15, 0.2) is 0 Å². The van der Waals surface area contributed by atoms with Crippen molar-refractivity contribution in [1.82, 2.24) is 5.32 Å². The number of thioether (sulfide) groups is 1. The second-order valence-corrected chi connectivity index (χ2v) is 6.49. The number of hydrogen-bond acceptors (Lipinski definition) is 6. The zero-order valence-corrected chi connectivity index (χ0v) is 11.8. The van der Waals surface area contributed by atoms with Crippen LogP contribution in [0.2, 0.25) is 0 Å². The van der Waals surface area contributed by atoms with Crippen LogP contribution in [0.3, 0.4) is 0 Å². The zero-order chi connectivity index (χ0) is 13.8. The van der Waals surface area contributed by atoms with Gasteiger partial charge in [0.1, 0.15) is 6.04 Å². The van der Waals surface area contributed by atoms with Crippen molar-refractivity contribution >= 4 is 28.8 Å². The van der Waals surface area contributed by atoms with Crippen molar-refractivity contribution in [3.8, 4) is 0 Å². The first kappa shape index (κ1) is 14.5. The summed E-state index contributed by atoms with van der Waals surface area (Å²) >= 11 is 1.19. The van der Waals surface area contributed by atoms with Crippen LogP contribution in [-0.2, 0) is 19.1 Å². The molecule has 2 rings (SSSR count). The molecule has 0 aromatic heterocycles. The summed E-state index contributed by atoms with van der Waals surface area (Å²) in [4.78, 5) is 34.9. The molecule has 1 saturated heterocycles. The summed E-state index contributed by atoms with van der Waals surface area (Å²) in [7, 11) is 0. The van der Waals surface area contributed by atoms with Gasteiger partial charge >= 0.3 is 11.9 Å². The highest BCUT2D eigenvalue weighted by molar-refractivity contribution is 8.14. The van der Waals surface area contributed by atoms with Gasteiger partial charge in [-0.1, -0.05) is 18.2 Å². The summed E-state index contributed by atoms with van der Waals surface area (Å²) in [5, 5.41) is 2.98. The Hall–Kier alpha value is -0.880. The molecule has 19 heavy (non-hydrogen) atoms. The molecule has 2 unspecified atom stereocenters. The van der Waals surface area contributed by atoms with Crippen molar-refractivity contribution in [1.29, 1.82) is 0 Å². The third-order valence-electron chi connectivity index (χ3n) is 3.62. The largest absolute Gasteiger partial charge is 0.392 e. The van der Waals surface area contributed by atoms with Crippen LogP contribution in [0.1, 0.15) is 39.0 Å². The van der Waals surface area contributed by atoms with E-state index in [1.54, 1.807) is 0 Å². The summed E-state index contributed by atoms with van der Waals surface area (Å²) in [6, 6.07) is -0.343. The third-order valence-corrected chi connectivity index (χ3v) is 4.82. The lowest BCUT2D eigenvalue weighted by atomic mass is 10.1. The normalized spacial score (nSPS) is 30.3. The number of carbonyl (C=O) groups is 3. The number of carbonyl (C=O) groups excluding carboxylic acids is 3. The number of ether oxygens (including phenoxy) is 1. The minimum Gasteiger partial charge on any atom is -0.392 e. The molecule has 0 aromatic carbocycles. The van der Waals surface area contributed by atoms with E-state index in [1.165, 1.54) is 18.7 Å². The number of nitrogens with one attached hydrogen (secondary N) is 1. The SMILES string of the molecule is CC(=O)SC1CCCC1C(=O)OC(=O)[C@@H]1CCCN1. The fraction of sp³-hybridized carbons (Fsp3) is 0.769. The second kappa shape index (κ2) is 6.52. The van der Waals surface area contributed by atoms with Crippen molar-refractivity contribution in [3.05, 3.63) is 0 Å². The number of hydrogen-bond donors (Lipinski definition) is 1. The molecule has 0 aromatic rings. The molecule has 1 N–H and O–H groups in total. The Morgan fingerprint density at radius 2 is 1.89 bits per heavy atom. The molecule has 5 nitrogen and oxygen atoms in total. The monoisotopic (exact) mass is 285 g/mol. The van der Waals surface area contributed by atoms with E-state index >= 15 is 0 Å². The van der Waals surface area contributed by atoms with Gasteiger partial charge in [-0.05, 0) is 32.2 Å². The molecule has 0 amide bonds. The van der Waals surface area contributed by atoms with E-state index in [1.807, 2.05) is 0 Å². The molecule has 0 bridgehead atoms. The van der Waals surface area contributed by atoms with Crippen molar-refractivity contribution < 1.29 is 19.1 Å². The first-order valence-electron chi connectivity index (χ1n) is 6.74. The van der Waals surface area contributed by atoms with Crippen LogP contribution in [-0.4, -0.2) is 34.9 Å². The second-order valence-electron chi connectivity index (χ2n) is 5.07. The van der Waals surface area contributed by atoms with Crippen LogP contribution >= 0.6 is 11.8 Å². The Balaban J connectivity index is 1.87. The predicted molar refractivity (Wildman–Crippen MR) is 71.5 cm³/mol. The topological polar surface area (TPSA) is 72.5 Å². The Morgan fingerprint density at radius 1 is 1.11 bits per heavy atom. The van der Waals surface area contributed by atoms with E-state index in [2.05, 4.69) is 5.32 Å². The van der Waals surface area contributed by atoms with E-state index < -0.39 is 11.9 Å². The first-order valence-corrected chi connectivity index (χ1v) is 7.62. The zero-order valence-electron chi connectivity index (χ0n) is 11.0. The number of esters is 2. The van der Waals surface area contributed by atoms with Gasteiger partial charge in [-0.15, -0.1) is 0 Å². The molecule has 1 heterocycles. The standard InChI is InChI=1S/C13H19NO4S/c1-8(15)19-11-6-2-4-9(11)12(16)18-13(17)10-5-3-7-14-10/h9-11,14H,2-7H2,1H3/t9?,10-,11?/m0/s1. The van der Waals surface area contributed by atoms with Crippen LogP contribution in [0, 0.1) is 5.92 Å². The summed E-state index contributed by atoms with van der Waals surface area (Å²) in [6.07, 6.45) is 4.10. The van der Waals surface area contributed by atoms with E-state index in [-0.39, 0.29) is 22.3 Å². The maximum atomic E-state index is 12.0. The Labute approximate surface area is 116 Å². The highest BCUT2D eigenvalue weighted by Crippen LogP contribution is 2.36. The quantitative estimate of drug-likeness (QED) is 0.621. The molecule has 3 atom stereocenters. The smallest absolute Gasteiger partial charge is 0.330 e. The van der Waals surface area contributed by atoms with Crippen molar-refractivity contribution in [2.45, 2.75) is 50.3 Å². The maximum absolute atomic E-state index is 12.0. The van der Waals surface area contributed by atoms with Gasteiger partial charge in [0.15, 0.2) is 5.12 Å². The van der Waals surface area contributed by atoms with Crippen LogP contribution in [0.4, 0.5) is 0 Å². The molecular weight excluding hydrogens is 266 g/mol. The average molecular weight is 285 g/mol. The Kier molecular flexibility index (Phi) is 4.99. The van der Waals surface area contributed by atoms with Gasteiger partial charge in [0.25, 0.3) is 0 Å². The van der Waals surface area contributed by atoms with Crippen molar-refractivity contribution in [3.63, 3.8) is 0 Å². The fourth-order valence-electron chi connectivity index (χ4n) is 2.68. The van der Waals surface area contributed by atoms with Crippen LogP contribution < -0.4 is 5.32 Å². The minimum absolute atomic E-state index is 0.00786. The molecule has 2 aliphatic rings. The molecular formula is C13H19NO4S. The summed E-state index contributed by atoms with van der Waals surface area (Å²) in [5.74, 6) is -1.25. The molecule has 2 fully saturated rings. The van der Waals surface area contributed by atoms with Gasteiger partial charge < -0.3 is 10.1 Å². The molecule has 1 aliphatic carbocycles. The van der Waals surface area contributed by atoms with Crippen LogP contribution in [0.25, 0.3) is 0 Å². The van der Waals surface area contributed by atoms with E-state index in [0.29, 0.717) is 6.42 Å². The molecule has 1 aliphatic heterocycles. The molecule has 106 valence electrons. The van der Waals surface area contributed by atoms with Gasteiger partial charge in [0, 0.05) is 12.2 Å². The summed E-state index contributed by atoms with van der Waals surface area (Å²) in [5.41, 5.74) is 0. The van der Waals surface area contributed by atoms with Gasteiger partial charge in [0.05, 0.1) is 5.92 Å². The Morgan fingerprint density at radius 3 is 2.53 bits per heavy atom. The van der Waals surface area contributed by atoms with Gasteiger partial charge in [-0.2, -0.15) is 0 Å². The van der Waals surface area contributed by atoms with E-state index in [4.69, 9.17) is 4.74 Å². The number of rotatable bonds is 3. The molecule has 0 radical (unpaired) electrons. The van der Waals surface area contributed by atoms with E-state index in [0.717, 1.165) is 32.2 Å². The summed E-state index contributed by atoms with van der Waals surface area (Å²) in [6.45, 7) is 2.29. The van der Waals surface area contributed by atoms with E-state index in [9.17, 15) is 14.4 Å². The molecule has 1 saturated carbocycles. The minimum atomic E-state index is -0.471. The van der Waals surface area contributed by atoms with Gasteiger partial charge in [-0.3, -0.25) is 9.59 Å². The van der Waals surface area contributed by atoms with Gasteiger partial charge in [-0.25, -0.2) is 4.79 Å². The van der Waals surface area contributed by atoms with Gasteiger partial charge in [0.2, 0.25) is 0 Å². The average Bonchev–Trinajstić information content (AvgIpc) is 2.97. The molecule has 6 heteroatoms. The van der Waals surface area contributed by atoms with Crippen LogP contribution in [0.5, 0.6) is 0 Å². The predicted octanol–water partition coefficient (Wildman–Crippen LogP) is 1.26. The lowest BCUT2D eigenvalue weighted by molar-refractivity contribution is -0.163. The first-order chi connectivity index (χ1) is 9.08. The van der Waals surface area contributed by atoms with Crippen molar-refractivity contribution in [2.24, 2.45) is 5.92 Å².